The molecule has 13 rings (SSSR count). The van der Waals surface area contributed by atoms with Crippen molar-refractivity contribution in [1.29, 1.82) is 0 Å². The maximum Gasteiger partial charge on any atom is 0.333 e. The molecule has 0 saturated carbocycles. The quantitative estimate of drug-likeness (QED) is 0.163. The maximum absolute atomic E-state index is 6.78. The van der Waals surface area contributed by atoms with Gasteiger partial charge in [-0.15, -0.1) is 11.3 Å². The van der Waals surface area contributed by atoms with Crippen LogP contribution in [0.4, 0.5) is 28.4 Å². The first-order valence-corrected chi connectivity index (χ1v) is 21.3. The molecule has 3 nitrogen and oxygen atoms in total. The minimum Gasteiger partial charge on any atom is -0.455 e. The minimum atomic E-state index is -0.190. The average molecular weight is 765 g/mol. The Morgan fingerprint density at radius 2 is 1.33 bits per heavy atom. The summed E-state index contributed by atoms with van der Waals surface area (Å²) in [5.41, 5.74) is 16.3. The highest BCUT2D eigenvalue weighted by Crippen LogP contribution is 2.59. The molecule has 8 aromatic carbocycles. The lowest BCUT2D eigenvalue weighted by molar-refractivity contribution is 0.455. The summed E-state index contributed by atoms with van der Waals surface area (Å²) in [6.07, 6.45) is 0. The number of para-hydroxylation sites is 3. The average Bonchev–Trinajstić information content (AvgIpc) is 3.63. The molecule has 0 spiro atoms. The summed E-state index contributed by atoms with van der Waals surface area (Å²) in [5.74, 6) is 1.81. The van der Waals surface area contributed by atoms with E-state index >= 15 is 0 Å². The zero-order valence-corrected chi connectivity index (χ0v) is 32.9. The number of benzene rings is 8. The van der Waals surface area contributed by atoms with E-state index in [-0.39, 0.29) is 12.3 Å². The molecule has 0 atom stereocenters. The molecule has 9 aromatic rings. The zero-order valence-electron chi connectivity index (χ0n) is 31.3. The number of fused-ring (bicyclic) bond motifs is 12. The molecule has 0 fully saturated rings. The molecule has 6 heteroatoms. The van der Waals surface area contributed by atoms with Crippen molar-refractivity contribution in [3.8, 4) is 33.8 Å². The van der Waals surface area contributed by atoms with Crippen molar-refractivity contribution in [2.24, 2.45) is 0 Å². The predicted octanol–water partition coefficient (Wildman–Crippen LogP) is 13.3. The van der Waals surface area contributed by atoms with Crippen molar-refractivity contribution < 1.29 is 4.74 Å². The summed E-state index contributed by atoms with van der Waals surface area (Å²) in [5, 5.41) is 2.62. The van der Waals surface area contributed by atoms with E-state index in [1.54, 1.807) is 11.8 Å². The Morgan fingerprint density at radius 1 is 0.579 bits per heavy atom. The first-order chi connectivity index (χ1) is 28.0. The molecule has 5 heterocycles. The van der Waals surface area contributed by atoms with Gasteiger partial charge in [0.2, 0.25) is 0 Å². The van der Waals surface area contributed by atoms with Crippen molar-refractivity contribution in [3.05, 3.63) is 175 Å². The van der Waals surface area contributed by atoms with E-state index < -0.39 is 0 Å². The Hall–Kier alpha value is -6.21. The molecule has 0 unspecified atom stereocenters. The molecule has 57 heavy (non-hydrogen) atoms. The first-order valence-electron chi connectivity index (χ1n) is 19.6. The third kappa shape index (κ3) is 4.29. The van der Waals surface area contributed by atoms with E-state index in [0.29, 0.717) is 0 Å². The lowest BCUT2D eigenvalue weighted by Gasteiger charge is -2.50. The second-order valence-corrected chi connectivity index (χ2v) is 18.2. The van der Waals surface area contributed by atoms with E-state index in [0.717, 1.165) is 32.7 Å². The normalized spacial score (nSPS) is 14.9. The van der Waals surface area contributed by atoms with Gasteiger partial charge < -0.3 is 14.4 Å². The van der Waals surface area contributed by atoms with Gasteiger partial charge in [-0.05, 0) is 81.7 Å². The number of rotatable bonds is 2. The fraction of sp³-hybridized carbons (Fsp3) is 0.0588. The van der Waals surface area contributed by atoms with Crippen LogP contribution in [-0.4, -0.2) is 6.85 Å². The lowest BCUT2D eigenvalue weighted by Crippen LogP contribution is -2.62. The van der Waals surface area contributed by atoms with Crippen LogP contribution >= 0.6 is 23.1 Å². The fourth-order valence-electron chi connectivity index (χ4n) is 10.1. The molecule has 0 radical (unpaired) electrons. The molecule has 0 aliphatic carbocycles. The summed E-state index contributed by atoms with van der Waals surface area (Å²) >= 11 is 3.73. The van der Waals surface area contributed by atoms with Crippen LogP contribution in [0.2, 0.25) is 0 Å². The zero-order chi connectivity index (χ0) is 37.6. The third-order valence-corrected chi connectivity index (χ3v) is 15.0. The van der Waals surface area contributed by atoms with Gasteiger partial charge >= 0.3 is 6.85 Å². The van der Waals surface area contributed by atoms with Gasteiger partial charge in [0.05, 0.1) is 15.5 Å². The highest BCUT2D eigenvalue weighted by Gasteiger charge is 2.50. The fourth-order valence-corrected chi connectivity index (χ4v) is 12.3. The third-order valence-electron chi connectivity index (χ3n) is 12.7. The number of hydrogen-bond donors (Lipinski definition) is 0. The number of hydrogen-bond acceptors (Lipinski definition) is 5. The summed E-state index contributed by atoms with van der Waals surface area (Å²) in [6.45, 7) is 4.70. The summed E-state index contributed by atoms with van der Waals surface area (Å²) in [7, 11) is 0. The van der Waals surface area contributed by atoms with Gasteiger partial charge in [0, 0.05) is 65.5 Å². The van der Waals surface area contributed by atoms with Gasteiger partial charge in [-0.25, -0.2) is 0 Å². The van der Waals surface area contributed by atoms with Gasteiger partial charge in [-0.3, -0.25) is 0 Å². The van der Waals surface area contributed by atoms with Gasteiger partial charge in [0.25, 0.3) is 0 Å². The smallest absolute Gasteiger partial charge is 0.333 e. The molecule has 0 amide bonds. The van der Waals surface area contributed by atoms with Gasteiger partial charge in [-0.2, -0.15) is 0 Å². The highest BCUT2D eigenvalue weighted by atomic mass is 32.2. The number of thiophene rings is 1. The van der Waals surface area contributed by atoms with Gasteiger partial charge in [-0.1, -0.05) is 135 Å². The second-order valence-electron chi connectivity index (χ2n) is 16.0. The standard InChI is InChI=1S/C51H33BN2OS2/c1-51(2)36-16-7-8-19-39(36)53-41-27-34-33-15-6-10-21-44(33)57-50(34)47-35-28-46-43(55-42-20-9-11-22-45(42)56-46)29-40(35)54(52(48(41)47)38-18-12-17-37(51)49(38)53)32-25-23-31(24-26-32)30-13-4-3-5-14-30/h3-29H,1-2H3. The van der Waals surface area contributed by atoms with E-state index in [1.807, 2.05) is 11.3 Å². The topological polar surface area (TPSA) is 15.7 Å². The Bertz CT molecular complexity index is 3190. The van der Waals surface area contributed by atoms with Crippen LogP contribution in [0, 0.1) is 0 Å². The van der Waals surface area contributed by atoms with E-state index in [2.05, 4.69) is 187 Å². The summed E-state index contributed by atoms with van der Waals surface area (Å²) in [4.78, 5) is 7.51. The predicted molar refractivity (Wildman–Crippen MR) is 241 cm³/mol. The van der Waals surface area contributed by atoms with E-state index in [1.165, 1.54) is 81.5 Å². The molecule has 0 saturated heterocycles. The number of ether oxygens (including phenoxy) is 1. The molecular weight excluding hydrogens is 732 g/mol. The lowest BCUT2D eigenvalue weighted by atomic mass is 9.42. The van der Waals surface area contributed by atoms with Crippen LogP contribution < -0.4 is 25.4 Å². The molecule has 268 valence electrons. The molecule has 1 aromatic heterocycles. The van der Waals surface area contributed by atoms with Crippen LogP contribution in [0.15, 0.2) is 174 Å². The maximum atomic E-state index is 6.78. The molecule has 0 bridgehead atoms. The molecule has 0 N–H and O–H groups in total. The molecule has 4 aliphatic rings. The number of anilines is 5. The minimum absolute atomic E-state index is 0.0893. The van der Waals surface area contributed by atoms with Crippen LogP contribution in [0.5, 0.6) is 11.5 Å². The molecule has 4 aliphatic heterocycles. The van der Waals surface area contributed by atoms with Crippen LogP contribution in [0.3, 0.4) is 0 Å². The van der Waals surface area contributed by atoms with E-state index in [9.17, 15) is 0 Å². The van der Waals surface area contributed by atoms with E-state index in [4.69, 9.17) is 4.74 Å². The van der Waals surface area contributed by atoms with Crippen LogP contribution in [-0.2, 0) is 5.41 Å². The first kappa shape index (κ1) is 31.9. The monoisotopic (exact) mass is 764 g/mol. The van der Waals surface area contributed by atoms with Crippen molar-refractivity contribution in [3.63, 3.8) is 0 Å². The van der Waals surface area contributed by atoms with Gasteiger partial charge in [0.1, 0.15) is 11.5 Å². The van der Waals surface area contributed by atoms with Crippen LogP contribution in [0.25, 0.3) is 42.4 Å². The number of nitrogens with zero attached hydrogens (tertiary/aromatic N) is 2. The van der Waals surface area contributed by atoms with Crippen molar-refractivity contribution in [1.82, 2.24) is 0 Å². The van der Waals surface area contributed by atoms with Gasteiger partial charge in [0.15, 0.2) is 0 Å². The molecular formula is C51H33BN2OS2. The highest BCUT2D eigenvalue weighted by molar-refractivity contribution is 7.99. The van der Waals surface area contributed by atoms with Crippen molar-refractivity contribution in [2.45, 2.75) is 29.1 Å². The Balaban J connectivity index is 1.17. The summed E-state index contributed by atoms with van der Waals surface area (Å²) < 4.78 is 9.43. The Labute approximate surface area is 339 Å². The second kappa shape index (κ2) is 11.4. The van der Waals surface area contributed by atoms with Crippen LogP contribution in [0.1, 0.15) is 25.0 Å². The largest absolute Gasteiger partial charge is 0.455 e. The summed E-state index contributed by atoms with van der Waals surface area (Å²) in [6, 6.07) is 60.6. The van der Waals surface area contributed by atoms with Crippen molar-refractivity contribution >= 4 is 89.5 Å². The Morgan fingerprint density at radius 3 is 2.23 bits per heavy atom. The Kier molecular flexibility index (Phi) is 6.41. The SMILES string of the molecule is CC1(C)c2ccccc2N2c3cc4c(sc5ccccc54)c4c3B(c3cccc1c32)N(c1ccc(-c2ccccc2)cc1)c1cc2c(cc1-4)Sc1ccccc1O2. The van der Waals surface area contributed by atoms with Crippen molar-refractivity contribution in [2.75, 3.05) is 9.71 Å².